The zero-order chi connectivity index (χ0) is 14.5. The molecule has 5 heteroatoms. The third kappa shape index (κ3) is 2.87. The van der Waals surface area contributed by atoms with E-state index in [9.17, 15) is 10.1 Å². The van der Waals surface area contributed by atoms with Crippen LogP contribution in [-0.4, -0.2) is 11.1 Å². The van der Waals surface area contributed by atoms with Crippen LogP contribution in [0, 0.1) is 28.4 Å². The number of nitro groups is 1. The van der Waals surface area contributed by atoms with Crippen LogP contribution < -0.4 is 0 Å². The number of benzene rings is 2. The Morgan fingerprint density at radius 1 is 1.30 bits per heavy atom. The van der Waals surface area contributed by atoms with Gasteiger partial charge >= 0.3 is 0 Å². The van der Waals surface area contributed by atoms with Gasteiger partial charge in [0, 0.05) is 12.3 Å². The molecule has 0 aromatic heterocycles. The topological polar surface area (TPSA) is 79.3 Å². The highest BCUT2D eigenvalue weighted by Crippen LogP contribution is 2.21. The highest BCUT2D eigenvalue weighted by molar-refractivity contribution is 5.87. The maximum absolute atomic E-state index is 11.0. The first kappa shape index (κ1) is 13.4. The minimum atomic E-state index is -0.447. The molecule has 0 N–H and O–H groups in total. The summed E-state index contributed by atoms with van der Waals surface area (Å²) in [5, 5.41) is 19.9. The number of nitrogens with zero attached hydrogens (tertiary/aromatic N) is 3. The average molecular weight is 265 g/mol. The van der Waals surface area contributed by atoms with Crippen LogP contribution in [0.5, 0.6) is 0 Å². The maximum Gasteiger partial charge on any atom is 0.278 e. The molecule has 0 unspecified atom stereocenters. The summed E-state index contributed by atoms with van der Waals surface area (Å²) in [4.78, 5) is 14.7. The minimum Gasteiger partial charge on any atom is -0.258 e. The Bertz CT molecular complexity index is 730. The van der Waals surface area contributed by atoms with Gasteiger partial charge in [0.05, 0.1) is 21.7 Å². The van der Waals surface area contributed by atoms with Gasteiger partial charge in [-0.3, -0.25) is 15.1 Å². The third-order valence-electron chi connectivity index (χ3n) is 2.75. The Balaban J connectivity index is 2.44. The molecule has 0 amide bonds. The molecule has 0 aliphatic heterocycles. The summed E-state index contributed by atoms with van der Waals surface area (Å²) < 4.78 is 0. The van der Waals surface area contributed by atoms with E-state index in [2.05, 4.69) is 4.99 Å². The zero-order valence-corrected chi connectivity index (χ0v) is 10.8. The van der Waals surface area contributed by atoms with Gasteiger partial charge < -0.3 is 0 Å². The number of nitro benzene ring substituents is 1. The molecule has 20 heavy (non-hydrogen) atoms. The fraction of sp³-hybridized carbons (Fsp3) is 0.0667. The van der Waals surface area contributed by atoms with Crippen LogP contribution in [0.2, 0.25) is 0 Å². The zero-order valence-electron chi connectivity index (χ0n) is 10.8. The van der Waals surface area contributed by atoms with Crippen molar-refractivity contribution in [2.24, 2.45) is 4.99 Å². The van der Waals surface area contributed by atoms with E-state index in [0.29, 0.717) is 16.8 Å². The Hall–Kier alpha value is -3.00. The van der Waals surface area contributed by atoms with Crippen LogP contribution in [0.4, 0.5) is 11.4 Å². The van der Waals surface area contributed by atoms with Gasteiger partial charge in [-0.25, -0.2) is 0 Å². The van der Waals surface area contributed by atoms with Crippen LogP contribution >= 0.6 is 0 Å². The van der Waals surface area contributed by atoms with Gasteiger partial charge in [-0.15, -0.1) is 0 Å². The number of rotatable bonds is 3. The fourth-order valence-corrected chi connectivity index (χ4v) is 1.76. The van der Waals surface area contributed by atoms with Gasteiger partial charge in [0.15, 0.2) is 0 Å². The van der Waals surface area contributed by atoms with Gasteiger partial charge in [-0.05, 0) is 30.7 Å². The molecule has 0 fully saturated rings. The van der Waals surface area contributed by atoms with E-state index >= 15 is 0 Å². The van der Waals surface area contributed by atoms with E-state index in [1.165, 1.54) is 12.3 Å². The summed E-state index contributed by atoms with van der Waals surface area (Å²) >= 11 is 0. The first-order valence-electron chi connectivity index (χ1n) is 5.90. The number of aryl methyl sites for hydroxylation is 1. The van der Waals surface area contributed by atoms with Crippen molar-refractivity contribution in [1.82, 2.24) is 0 Å². The van der Waals surface area contributed by atoms with Crippen molar-refractivity contribution in [3.05, 3.63) is 69.3 Å². The maximum atomic E-state index is 11.0. The standard InChI is InChI=1S/C15H11N3O2/c1-11-6-7-15(18(19)20)13(8-11)10-17-14-5-3-2-4-12(14)9-16/h2-8,10H,1H3. The molecule has 2 aromatic rings. The summed E-state index contributed by atoms with van der Waals surface area (Å²) in [5.41, 5.74) is 2.24. The molecule has 2 aromatic carbocycles. The summed E-state index contributed by atoms with van der Waals surface area (Å²) in [6.45, 7) is 1.85. The SMILES string of the molecule is Cc1ccc([N+](=O)[O-])c(C=Nc2ccccc2C#N)c1. The molecule has 0 spiro atoms. The van der Waals surface area contributed by atoms with Gasteiger partial charge in [-0.2, -0.15) is 5.26 Å². The summed E-state index contributed by atoms with van der Waals surface area (Å²) in [6, 6.07) is 13.7. The lowest BCUT2D eigenvalue weighted by molar-refractivity contribution is -0.385. The first-order chi connectivity index (χ1) is 9.61. The second kappa shape index (κ2) is 5.76. The van der Waals surface area contributed by atoms with E-state index in [4.69, 9.17) is 5.26 Å². The molecule has 0 saturated carbocycles. The van der Waals surface area contributed by atoms with Crippen LogP contribution in [0.1, 0.15) is 16.7 Å². The van der Waals surface area contributed by atoms with Crippen molar-refractivity contribution in [3.63, 3.8) is 0 Å². The van der Waals surface area contributed by atoms with Crippen molar-refractivity contribution < 1.29 is 4.92 Å². The normalized spacial score (nSPS) is 10.4. The van der Waals surface area contributed by atoms with Gasteiger partial charge in [0.1, 0.15) is 6.07 Å². The van der Waals surface area contributed by atoms with Crippen molar-refractivity contribution in [2.75, 3.05) is 0 Å². The van der Waals surface area contributed by atoms with Crippen LogP contribution in [0.3, 0.4) is 0 Å². The lowest BCUT2D eigenvalue weighted by Gasteiger charge is -2.00. The largest absolute Gasteiger partial charge is 0.278 e. The Morgan fingerprint density at radius 3 is 2.75 bits per heavy atom. The van der Waals surface area contributed by atoms with Crippen LogP contribution in [0.15, 0.2) is 47.5 Å². The molecule has 0 heterocycles. The number of hydrogen-bond donors (Lipinski definition) is 0. The average Bonchev–Trinajstić information content (AvgIpc) is 2.45. The van der Waals surface area contributed by atoms with E-state index in [0.717, 1.165) is 5.56 Å². The molecule has 0 radical (unpaired) electrons. The Labute approximate surface area is 116 Å². The molecule has 0 saturated heterocycles. The molecular weight excluding hydrogens is 254 g/mol. The van der Waals surface area contributed by atoms with Crippen molar-refractivity contribution in [3.8, 4) is 6.07 Å². The molecule has 0 aliphatic rings. The molecule has 0 aliphatic carbocycles. The summed E-state index contributed by atoms with van der Waals surface area (Å²) in [6.07, 6.45) is 1.42. The second-order valence-electron chi connectivity index (χ2n) is 4.21. The number of hydrogen-bond acceptors (Lipinski definition) is 4. The van der Waals surface area contributed by atoms with Crippen LogP contribution in [-0.2, 0) is 0 Å². The van der Waals surface area contributed by atoms with Crippen molar-refractivity contribution in [2.45, 2.75) is 6.92 Å². The predicted molar refractivity (Wildman–Crippen MR) is 76.2 cm³/mol. The van der Waals surface area contributed by atoms with Gasteiger partial charge in [-0.1, -0.05) is 18.2 Å². The number of aliphatic imine (C=N–C) groups is 1. The van der Waals surface area contributed by atoms with Gasteiger partial charge in [0.25, 0.3) is 5.69 Å². The highest BCUT2D eigenvalue weighted by atomic mass is 16.6. The van der Waals surface area contributed by atoms with E-state index in [1.807, 2.05) is 13.0 Å². The van der Waals surface area contributed by atoms with E-state index in [1.54, 1.807) is 36.4 Å². The molecule has 2 rings (SSSR count). The van der Waals surface area contributed by atoms with Crippen molar-refractivity contribution >= 4 is 17.6 Å². The Morgan fingerprint density at radius 2 is 2.05 bits per heavy atom. The second-order valence-corrected chi connectivity index (χ2v) is 4.21. The van der Waals surface area contributed by atoms with Crippen LogP contribution in [0.25, 0.3) is 0 Å². The molecule has 5 nitrogen and oxygen atoms in total. The van der Waals surface area contributed by atoms with E-state index in [-0.39, 0.29) is 5.69 Å². The van der Waals surface area contributed by atoms with E-state index < -0.39 is 4.92 Å². The summed E-state index contributed by atoms with van der Waals surface area (Å²) in [7, 11) is 0. The molecule has 0 atom stereocenters. The monoisotopic (exact) mass is 265 g/mol. The third-order valence-corrected chi connectivity index (χ3v) is 2.75. The molecular formula is C15H11N3O2. The number of nitriles is 1. The first-order valence-corrected chi connectivity index (χ1v) is 5.90. The summed E-state index contributed by atoms with van der Waals surface area (Å²) in [5.74, 6) is 0. The lowest BCUT2D eigenvalue weighted by Crippen LogP contribution is -1.95. The molecule has 98 valence electrons. The lowest BCUT2D eigenvalue weighted by atomic mass is 10.1. The Kier molecular flexibility index (Phi) is 3.87. The number of para-hydroxylation sites is 1. The minimum absolute atomic E-state index is 0.00575. The fourth-order valence-electron chi connectivity index (χ4n) is 1.76. The smallest absolute Gasteiger partial charge is 0.258 e. The predicted octanol–water partition coefficient (Wildman–Crippen LogP) is 3.53. The highest BCUT2D eigenvalue weighted by Gasteiger charge is 2.11. The van der Waals surface area contributed by atoms with Gasteiger partial charge in [0.2, 0.25) is 0 Å². The van der Waals surface area contributed by atoms with Crippen molar-refractivity contribution in [1.29, 1.82) is 5.26 Å². The quantitative estimate of drug-likeness (QED) is 0.483. The molecule has 0 bridgehead atoms.